The fourth-order valence-corrected chi connectivity index (χ4v) is 9.44. The second-order valence-corrected chi connectivity index (χ2v) is 16.2. The number of benzene rings is 4. The second-order valence-electron chi connectivity index (χ2n) is 16.2. The molecule has 4 amide bonds. The number of imidazole rings is 2. The molecule has 0 unspecified atom stereocenters. The van der Waals surface area contributed by atoms with Crippen LogP contribution in [0.25, 0.3) is 33.6 Å². The number of hydrogen-bond acceptors (Lipinski definition) is 6. The Labute approximate surface area is 344 Å². The van der Waals surface area contributed by atoms with Crippen molar-refractivity contribution in [2.45, 2.75) is 61.9 Å². The van der Waals surface area contributed by atoms with Crippen LogP contribution in [-0.2, 0) is 9.59 Å². The zero-order valence-corrected chi connectivity index (χ0v) is 32.3. The van der Waals surface area contributed by atoms with Gasteiger partial charge in [-0.05, 0) is 70.9 Å². The van der Waals surface area contributed by atoms with Gasteiger partial charge < -0.3 is 40.6 Å². The first-order valence-corrected chi connectivity index (χ1v) is 20.2. The Kier molecular flexibility index (Phi) is 9.18. The molecular weight excluding hydrogens is 761 g/mol. The summed E-state index contributed by atoms with van der Waals surface area (Å²) in [5, 5.41) is 24.0. The summed E-state index contributed by atoms with van der Waals surface area (Å²) < 4.78 is 0. The van der Waals surface area contributed by atoms with E-state index in [1.54, 1.807) is 60.9 Å². The van der Waals surface area contributed by atoms with Gasteiger partial charge in [-0.2, -0.15) is 0 Å². The van der Waals surface area contributed by atoms with Crippen LogP contribution in [0.5, 0.6) is 0 Å². The molecule has 8 atom stereocenters. The summed E-state index contributed by atoms with van der Waals surface area (Å²) in [6.45, 7) is 0. The van der Waals surface area contributed by atoms with E-state index in [9.17, 15) is 29.4 Å². The zero-order valence-electron chi connectivity index (χ0n) is 32.3. The van der Waals surface area contributed by atoms with Crippen molar-refractivity contribution in [2.75, 3.05) is 0 Å². The van der Waals surface area contributed by atoms with Crippen molar-refractivity contribution in [1.82, 2.24) is 40.4 Å². The number of hydrogen-bond donors (Lipinski definition) is 6. The maximum atomic E-state index is 14.0. The molecule has 0 bridgehead atoms. The van der Waals surface area contributed by atoms with Gasteiger partial charge >= 0.3 is 12.2 Å². The van der Waals surface area contributed by atoms with Gasteiger partial charge in [0.1, 0.15) is 23.7 Å². The molecule has 302 valence electrons. The average Bonchev–Trinajstić information content (AvgIpc) is 3.85. The molecule has 6 aromatic rings. The number of carbonyl (C=O) groups is 4. The molecule has 14 heteroatoms. The van der Waals surface area contributed by atoms with Crippen LogP contribution in [0.2, 0.25) is 0 Å². The summed E-state index contributed by atoms with van der Waals surface area (Å²) in [6.07, 6.45) is 4.42. The highest BCUT2D eigenvalue weighted by Crippen LogP contribution is 2.55. The topological polar surface area (TPSA) is 197 Å². The third-order valence-electron chi connectivity index (χ3n) is 12.6. The molecule has 10 rings (SSSR count). The van der Waals surface area contributed by atoms with Crippen molar-refractivity contribution in [3.63, 3.8) is 0 Å². The Morgan fingerprint density at radius 1 is 0.533 bits per heavy atom. The summed E-state index contributed by atoms with van der Waals surface area (Å²) in [5.74, 6) is 1.57. The number of fused-ring (bicyclic) bond motifs is 2. The van der Waals surface area contributed by atoms with E-state index >= 15 is 0 Å². The lowest BCUT2D eigenvalue weighted by atomic mass is 10.0. The molecule has 2 saturated carbocycles. The molecule has 0 radical (unpaired) electrons. The van der Waals surface area contributed by atoms with E-state index in [2.05, 4.69) is 44.9 Å². The highest BCUT2D eigenvalue weighted by atomic mass is 16.4. The third kappa shape index (κ3) is 6.93. The minimum Gasteiger partial charge on any atom is -0.465 e. The number of carboxylic acid groups (broad SMARTS) is 2. The van der Waals surface area contributed by atoms with E-state index < -0.39 is 24.3 Å². The normalized spacial score (nSPS) is 23.3. The number of amides is 4. The van der Waals surface area contributed by atoms with Crippen molar-refractivity contribution in [3.8, 4) is 33.6 Å². The van der Waals surface area contributed by atoms with E-state index in [4.69, 9.17) is 9.97 Å². The summed E-state index contributed by atoms with van der Waals surface area (Å²) >= 11 is 0. The molecule has 2 aromatic heterocycles. The average molecular weight is 803 g/mol. The van der Waals surface area contributed by atoms with Crippen LogP contribution < -0.4 is 10.6 Å². The van der Waals surface area contributed by atoms with Crippen LogP contribution in [0.4, 0.5) is 9.59 Å². The molecule has 2 saturated heterocycles. The van der Waals surface area contributed by atoms with Crippen molar-refractivity contribution < 1.29 is 29.4 Å². The van der Waals surface area contributed by atoms with E-state index in [1.165, 1.54) is 0 Å². The number of aromatic nitrogens is 4. The summed E-state index contributed by atoms with van der Waals surface area (Å²) in [6, 6.07) is 31.8. The van der Waals surface area contributed by atoms with Crippen LogP contribution in [0.15, 0.2) is 122 Å². The highest BCUT2D eigenvalue weighted by molar-refractivity contribution is 5.89. The van der Waals surface area contributed by atoms with Gasteiger partial charge in [-0.15, -0.1) is 0 Å². The minimum absolute atomic E-state index is 0.0700. The molecule has 2 aliphatic heterocycles. The molecule has 14 nitrogen and oxygen atoms in total. The SMILES string of the molecule is O=C(O)N[C@@H](C(=O)N1[C@H](c2ncc(-c3ccc(-c4ccc(-c5cnc([C@@H]6C[C@@H]7C[C@@H]7N6C(=O)[C@H](NC(=O)O)c6ccccc6)[nH]5)cc4)cc3)[nH]2)C[C@@H]2C[C@@H]21)c1ccccc1. The van der Waals surface area contributed by atoms with Crippen LogP contribution >= 0.6 is 0 Å². The molecule has 2 aliphatic carbocycles. The maximum absolute atomic E-state index is 14.0. The molecule has 0 spiro atoms. The summed E-state index contributed by atoms with van der Waals surface area (Å²) in [4.78, 5) is 71.4. The van der Waals surface area contributed by atoms with Gasteiger partial charge in [0.05, 0.1) is 35.9 Å². The van der Waals surface area contributed by atoms with Crippen molar-refractivity contribution in [3.05, 3.63) is 144 Å². The predicted octanol–water partition coefficient (Wildman–Crippen LogP) is 7.48. The molecule has 60 heavy (non-hydrogen) atoms. The predicted molar refractivity (Wildman–Crippen MR) is 220 cm³/mol. The van der Waals surface area contributed by atoms with Gasteiger partial charge in [0.25, 0.3) is 11.8 Å². The molecule has 4 aromatic carbocycles. The lowest BCUT2D eigenvalue weighted by Crippen LogP contribution is -2.44. The van der Waals surface area contributed by atoms with E-state index in [-0.39, 0.29) is 36.0 Å². The minimum atomic E-state index is -1.25. The third-order valence-corrected chi connectivity index (χ3v) is 12.6. The van der Waals surface area contributed by atoms with Crippen molar-refractivity contribution in [2.24, 2.45) is 11.8 Å². The van der Waals surface area contributed by atoms with E-state index in [0.717, 1.165) is 59.3 Å². The first-order valence-electron chi connectivity index (χ1n) is 20.2. The van der Waals surface area contributed by atoms with Gasteiger partial charge in [0.15, 0.2) is 0 Å². The molecule has 4 aliphatic rings. The number of likely N-dealkylation sites (tertiary alicyclic amines) is 2. The smallest absolute Gasteiger partial charge is 0.405 e. The van der Waals surface area contributed by atoms with Crippen molar-refractivity contribution >= 4 is 24.0 Å². The number of nitrogens with zero attached hydrogens (tertiary/aromatic N) is 4. The van der Waals surface area contributed by atoms with E-state index in [0.29, 0.717) is 34.6 Å². The van der Waals surface area contributed by atoms with Gasteiger partial charge in [0, 0.05) is 12.1 Å². The van der Waals surface area contributed by atoms with Crippen LogP contribution in [0, 0.1) is 11.8 Å². The summed E-state index contributed by atoms with van der Waals surface area (Å²) in [7, 11) is 0. The summed E-state index contributed by atoms with van der Waals surface area (Å²) in [5.41, 5.74) is 6.80. The Hall–Kier alpha value is -7.22. The van der Waals surface area contributed by atoms with Gasteiger partial charge in [-0.3, -0.25) is 9.59 Å². The lowest BCUT2D eigenvalue weighted by molar-refractivity contribution is -0.136. The number of aromatic amines is 2. The Bertz CT molecular complexity index is 2400. The van der Waals surface area contributed by atoms with Crippen molar-refractivity contribution in [1.29, 1.82) is 0 Å². The first-order chi connectivity index (χ1) is 29.2. The second kappa shape index (κ2) is 14.9. The first kappa shape index (κ1) is 37.1. The lowest BCUT2D eigenvalue weighted by Gasteiger charge is -2.30. The Morgan fingerprint density at radius 3 is 1.27 bits per heavy atom. The Morgan fingerprint density at radius 2 is 0.900 bits per heavy atom. The van der Waals surface area contributed by atoms with Gasteiger partial charge in [0.2, 0.25) is 0 Å². The molecule has 4 fully saturated rings. The van der Waals surface area contributed by atoms with Crippen LogP contribution in [-0.4, -0.2) is 76.0 Å². The monoisotopic (exact) mass is 802 g/mol. The molecule has 4 heterocycles. The Balaban J connectivity index is 0.818. The van der Waals surface area contributed by atoms with Crippen LogP contribution in [0.1, 0.15) is 72.6 Å². The van der Waals surface area contributed by atoms with Crippen LogP contribution in [0.3, 0.4) is 0 Å². The number of carbonyl (C=O) groups excluding carboxylic acids is 2. The number of piperidine rings is 2. The fraction of sp³-hybridized carbons (Fsp3) is 0.261. The largest absolute Gasteiger partial charge is 0.465 e. The number of rotatable bonds is 11. The maximum Gasteiger partial charge on any atom is 0.405 e. The zero-order chi connectivity index (χ0) is 41.1. The standard InChI is InChI=1S/C46H42N8O6/c55-43(39(51-45(57)58)29-7-3-1-4-8-29)53-35-19-31(35)21-37(53)41-47-23-33(49-41)27-15-11-25(12-16-27)26-13-17-28(18-14-26)34-24-48-42(50-34)38-22-32-20-36(32)54(38)44(56)40(52-46(59)60)30-9-5-2-6-10-30/h1-18,23-24,31-32,35-40,51-52H,19-22H2,(H,47,49)(H,48,50)(H,57,58)(H,59,60)/t31-,32-,35-,36-,37-,38-,39+,40+/m0/s1. The highest BCUT2D eigenvalue weighted by Gasteiger charge is 2.57. The van der Waals surface area contributed by atoms with Gasteiger partial charge in [-0.1, -0.05) is 109 Å². The van der Waals surface area contributed by atoms with Gasteiger partial charge in [-0.25, -0.2) is 19.6 Å². The number of nitrogens with one attached hydrogen (secondary N) is 4. The number of H-pyrrole nitrogens is 2. The quantitative estimate of drug-likeness (QED) is 0.0776. The fourth-order valence-electron chi connectivity index (χ4n) is 9.44. The molecule has 6 N–H and O–H groups in total. The van der Waals surface area contributed by atoms with E-state index in [1.807, 2.05) is 46.2 Å². The molecular formula is C46H42N8O6.